The summed E-state index contributed by atoms with van der Waals surface area (Å²) >= 11 is 0. The van der Waals surface area contributed by atoms with Crippen LogP contribution in [0.3, 0.4) is 0 Å². The van der Waals surface area contributed by atoms with E-state index in [0.717, 1.165) is 17.1 Å². The van der Waals surface area contributed by atoms with Gasteiger partial charge in [0.25, 0.3) is 5.91 Å². The van der Waals surface area contributed by atoms with Gasteiger partial charge in [0.15, 0.2) is 0 Å². The number of hydrogen-bond acceptors (Lipinski definition) is 4. The summed E-state index contributed by atoms with van der Waals surface area (Å²) in [6, 6.07) is 5.30. The quantitative estimate of drug-likeness (QED) is 0.386. The van der Waals surface area contributed by atoms with Gasteiger partial charge in [0.2, 0.25) is 0 Å². The second kappa shape index (κ2) is 3.79. The van der Waals surface area contributed by atoms with Crippen molar-refractivity contribution >= 4 is 28.7 Å². The Kier molecular flexibility index (Phi) is 2.32. The summed E-state index contributed by atoms with van der Waals surface area (Å²) in [7, 11) is 0. The van der Waals surface area contributed by atoms with Crippen LogP contribution in [0.4, 0.5) is 5.69 Å². The largest absolute Gasteiger partial charge is 0.411 e. The molecule has 15 heavy (non-hydrogen) atoms. The van der Waals surface area contributed by atoms with Gasteiger partial charge in [-0.25, -0.2) is 0 Å². The van der Waals surface area contributed by atoms with E-state index in [1.54, 1.807) is 18.3 Å². The molecule has 76 valence electrons. The van der Waals surface area contributed by atoms with Gasteiger partial charge in [0.05, 0.1) is 11.7 Å². The zero-order chi connectivity index (χ0) is 10.7. The van der Waals surface area contributed by atoms with E-state index >= 15 is 0 Å². The second-order valence-electron chi connectivity index (χ2n) is 2.91. The number of carbonyl (C=O) groups excluding carboxylic acids is 1. The number of fused-ring (bicyclic) bond motifs is 1. The topological polar surface area (TPSA) is 90.4 Å². The van der Waals surface area contributed by atoms with Crippen LogP contribution in [0.25, 0.3) is 10.9 Å². The summed E-state index contributed by atoms with van der Waals surface area (Å²) in [6.07, 6.45) is 2.48. The van der Waals surface area contributed by atoms with E-state index in [1.165, 1.54) is 0 Å². The number of aromatic nitrogens is 2. The number of benzene rings is 1. The Morgan fingerprint density at radius 2 is 2.47 bits per heavy atom. The van der Waals surface area contributed by atoms with Gasteiger partial charge in [-0.1, -0.05) is 5.16 Å². The third-order valence-electron chi connectivity index (χ3n) is 1.88. The summed E-state index contributed by atoms with van der Waals surface area (Å²) in [6.45, 7) is 0. The first-order valence-electron chi connectivity index (χ1n) is 4.21. The van der Waals surface area contributed by atoms with Crippen molar-refractivity contribution in [2.75, 3.05) is 5.32 Å². The van der Waals surface area contributed by atoms with E-state index in [1.807, 2.05) is 6.07 Å². The third-order valence-corrected chi connectivity index (χ3v) is 1.88. The minimum Gasteiger partial charge on any atom is -0.411 e. The van der Waals surface area contributed by atoms with E-state index in [9.17, 15) is 4.79 Å². The van der Waals surface area contributed by atoms with Gasteiger partial charge in [-0.15, -0.1) is 0 Å². The molecule has 6 nitrogen and oxygen atoms in total. The molecule has 0 bridgehead atoms. The summed E-state index contributed by atoms with van der Waals surface area (Å²) in [5.41, 5.74) is 1.44. The number of aromatic amines is 1. The Balaban J connectivity index is 2.24. The van der Waals surface area contributed by atoms with Crippen molar-refractivity contribution in [3.05, 3.63) is 24.4 Å². The molecular formula is C9H8N4O2. The Labute approximate surface area is 84.6 Å². The summed E-state index contributed by atoms with van der Waals surface area (Å²) in [5, 5.41) is 20.9. The molecule has 0 aliphatic rings. The molecule has 0 saturated heterocycles. The van der Waals surface area contributed by atoms with Crippen LogP contribution in [0.2, 0.25) is 0 Å². The summed E-state index contributed by atoms with van der Waals surface area (Å²) < 4.78 is 0. The SMILES string of the molecule is O=C(C=NO)Nc1ccc2cn[nH]c2c1. The Hall–Kier alpha value is -2.37. The maximum atomic E-state index is 11.0. The number of oxime groups is 1. The van der Waals surface area contributed by atoms with E-state index < -0.39 is 5.91 Å². The van der Waals surface area contributed by atoms with E-state index in [4.69, 9.17) is 5.21 Å². The number of H-pyrrole nitrogens is 1. The predicted molar refractivity (Wildman–Crippen MR) is 55.0 cm³/mol. The fourth-order valence-electron chi connectivity index (χ4n) is 1.24. The Morgan fingerprint density at radius 3 is 3.27 bits per heavy atom. The molecule has 0 fully saturated rings. The Morgan fingerprint density at radius 1 is 1.60 bits per heavy atom. The second-order valence-corrected chi connectivity index (χ2v) is 2.91. The fourth-order valence-corrected chi connectivity index (χ4v) is 1.24. The van der Waals surface area contributed by atoms with Crippen molar-refractivity contribution in [2.24, 2.45) is 5.16 Å². The van der Waals surface area contributed by atoms with Crippen LogP contribution in [0.5, 0.6) is 0 Å². The molecule has 0 unspecified atom stereocenters. The highest BCUT2D eigenvalue weighted by Gasteiger charge is 2.00. The molecule has 0 radical (unpaired) electrons. The monoisotopic (exact) mass is 204 g/mol. The van der Waals surface area contributed by atoms with Crippen molar-refractivity contribution < 1.29 is 10.0 Å². The molecule has 1 amide bonds. The first kappa shape index (κ1) is 9.20. The minimum atomic E-state index is -0.489. The van der Waals surface area contributed by atoms with Gasteiger partial charge in [0, 0.05) is 11.1 Å². The molecule has 0 atom stereocenters. The van der Waals surface area contributed by atoms with Crippen LogP contribution < -0.4 is 5.32 Å². The standard InChI is InChI=1S/C9H8N4O2/c14-9(5-11-15)12-7-2-1-6-4-10-13-8(6)3-7/h1-5,15H,(H,10,13)(H,12,14). The molecule has 2 rings (SSSR count). The zero-order valence-corrected chi connectivity index (χ0v) is 7.64. The maximum absolute atomic E-state index is 11.0. The zero-order valence-electron chi connectivity index (χ0n) is 7.64. The Bertz CT molecular complexity index is 518. The molecule has 2 aromatic rings. The molecule has 0 aliphatic heterocycles. The maximum Gasteiger partial charge on any atom is 0.270 e. The van der Waals surface area contributed by atoms with Gasteiger partial charge in [-0.3, -0.25) is 9.89 Å². The minimum absolute atomic E-state index is 0.489. The first-order valence-corrected chi connectivity index (χ1v) is 4.21. The molecule has 1 aromatic heterocycles. The van der Waals surface area contributed by atoms with E-state index in [-0.39, 0.29) is 0 Å². The highest BCUT2D eigenvalue weighted by atomic mass is 16.4. The van der Waals surface area contributed by atoms with Crippen molar-refractivity contribution in [2.45, 2.75) is 0 Å². The number of rotatable bonds is 2. The normalized spacial score (nSPS) is 10.9. The molecule has 1 heterocycles. The molecule has 1 aromatic carbocycles. The number of nitrogens with zero attached hydrogens (tertiary/aromatic N) is 2. The van der Waals surface area contributed by atoms with Crippen LogP contribution in [0.15, 0.2) is 29.6 Å². The van der Waals surface area contributed by atoms with Crippen LogP contribution in [-0.4, -0.2) is 27.5 Å². The molecule has 0 aliphatic carbocycles. The molecule has 0 saturated carbocycles. The van der Waals surface area contributed by atoms with Gasteiger partial charge in [-0.2, -0.15) is 5.10 Å². The number of amides is 1. The third kappa shape index (κ3) is 1.93. The van der Waals surface area contributed by atoms with Gasteiger partial charge < -0.3 is 10.5 Å². The average Bonchev–Trinajstić information content (AvgIpc) is 2.65. The highest BCUT2D eigenvalue weighted by Crippen LogP contribution is 2.15. The van der Waals surface area contributed by atoms with E-state index in [0.29, 0.717) is 5.69 Å². The van der Waals surface area contributed by atoms with Crippen molar-refractivity contribution in [3.63, 3.8) is 0 Å². The average molecular weight is 204 g/mol. The lowest BCUT2D eigenvalue weighted by molar-refractivity contribution is -0.110. The molecular weight excluding hydrogens is 196 g/mol. The molecule has 3 N–H and O–H groups in total. The van der Waals surface area contributed by atoms with Crippen LogP contribution >= 0.6 is 0 Å². The summed E-state index contributed by atoms with van der Waals surface area (Å²) in [4.78, 5) is 11.0. The number of nitrogens with one attached hydrogen (secondary N) is 2. The lowest BCUT2D eigenvalue weighted by atomic mass is 10.2. The number of anilines is 1. The predicted octanol–water partition coefficient (Wildman–Crippen LogP) is 0.961. The van der Waals surface area contributed by atoms with Crippen molar-refractivity contribution in [1.82, 2.24) is 10.2 Å². The van der Waals surface area contributed by atoms with Crippen LogP contribution in [0.1, 0.15) is 0 Å². The van der Waals surface area contributed by atoms with Gasteiger partial charge >= 0.3 is 0 Å². The van der Waals surface area contributed by atoms with Crippen LogP contribution in [0, 0.1) is 0 Å². The highest BCUT2D eigenvalue weighted by molar-refractivity contribution is 6.31. The van der Waals surface area contributed by atoms with E-state index in [2.05, 4.69) is 20.7 Å². The van der Waals surface area contributed by atoms with Gasteiger partial charge in [0.1, 0.15) is 6.21 Å². The number of carbonyl (C=O) groups is 1. The lowest BCUT2D eigenvalue weighted by Crippen LogP contribution is -2.12. The smallest absolute Gasteiger partial charge is 0.270 e. The van der Waals surface area contributed by atoms with Crippen molar-refractivity contribution in [3.8, 4) is 0 Å². The van der Waals surface area contributed by atoms with Crippen molar-refractivity contribution in [1.29, 1.82) is 0 Å². The lowest BCUT2D eigenvalue weighted by Gasteiger charge is -2.00. The first-order chi connectivity index (χ1) is 7.29. The summed E-state index contributed by atoms with van der Waals surface area (Å²) in [5.74, 6) is -0.489. The van der Waals surface area contributed by atoms with Crippen LogP contribution in [-0.2, 0) is 4.79 Å². The molecule has 0 spiro atoms. The molecule has 6 heteroatoms. The van der Waals surface area contributed by atoms with Gasteiger partial charge in [-0.05, 0) is 18.2 Å². The number of hydrogen-bond donors (Lipinski definition) is 3. The fraction of sp³-hybridized carbons (Fsp3) is 0.